The molecule has 1 saturated carbocycles. The van der Waals surface area contributed by atoms with Crippen molar-refractivity contribution in [3.05, 3.63) is 39.9 Å². The van der Waals surface area contributed by atoms with Crippen LogP contribution in [0.2, 0.25) is 0 Å². The second-order valence-corrected chi connectivity index (χ2v) is 6.81. The SMILES string of the molecule is CC(=O)N[C@@H](C(=O)OCc1nc2c(C)cccc2c(=O)[nH]1)C1CCCC1. The number of carbonyl (C=O) groups is 2. The van der Waals surface area contributed by atoms with Crippen LogP contribution in [0.1, 0.15) is 44.0 Å². The van der Waals surface area contributed by atoms with E-state index in [1.54, 1.807) is 12.1 Å². The van der Waals surface area contributed by atoms with E-state index in [-0.39, 0.29) is 29.8 Å². The molecule has 2 N–H and O–H groups in total. The quantitative estimate of drug-likeness (QED) is 0.797. The predicted molar refractivity (Wildman–Crippen MR) is 96.5 cm³/mol. The lowest BCUT2D eigenvalue weighted by molar-refractivity contribution is -0.150. The lowest BCUT2D eigenvalue weighted by atomic mass is 9.98. The van der Waals surface area contributed by atoms with Crippen LogP contribution in [0.3, 0.4) is 0 Å². The van der Waals surface area contributed by atoms with Crippen molar-refractivity contribution in [2.24, 2.45) is 5.92 Å². The minimum absolute atomic E-state index is 0.0947. The largest absolute Gasteiger partial charge is 0.456 e. The van der Waals surface area contributed by atoms with E-state index in [0.29, 0.717) is 10.9 Å². The molecule has 0 spiro atoms. The Morgan fingerprint density at radius 3 is 2.77 bits per heavy atom. The van der Waals surface area contributed by atoms with Crippen molar-refractivity contribution in [3.63, 3.8) is 0 Å². The van der Waals surface area contributed by atoms with E-state index >= 15 is 0 Å². The van der Waals surface area contributed by atoms with Gasteiger partial charge in [-0.25, -0.2) is 9.78 Å². The van der Waals surface area contributed by atoms with Crippen LogP contribution < -0.4 is 10.9 Å². The van der Waals surface area contributed by atoms with Gasteiger partial charge in [-0.2, -0.15) is 0 Å². The fraction of sp³-hybridized carbons (Fsp3) is 0.474. The van der Waals surface area contributed by atoms with Crippen molar-refractivity contribution in [1.29, 1.82) is 0 Å². The molecule has 0 aliphatic heterocycles. The van der Waals surface area contributed by atoms with Crippen molar-refractivity contribution in [3.8, 4) is 0 Å². The number of hydrogen-bond acceptors (Lipinski definition) is 5. The number of para-hydroxylation sites is 1. The average molecular weight is 357 g/mol. The predicted octanol–water partition coefficient (Wildman–Crippen LogP) is 1.97. The first-order valence-electron chi connectivity index (χ1n) is 8.88. The van der Waals surface area contributed by atoms with Crippen molar-refractivity contribution < 1.29 is 14.3 Å². The lowest BCUT2D eigenvalue weighted by Gasteiger charge is -2.22. The third-order valence-corrected chi connectivity index (χ3v) is 4.82. The van der Waals surface area contributed by atoms with Crippen LogP contribution in [-0.2, 0) is 20.9 Å². The highest BCUT2D eigenvalue weighted by molar-refractivity contribution is 5.83. The molecule has 0 unspecified atom stereocenters. The zero-order chi connectivity index (χ0) is 18.7. The Balaban J connectivity index is 1.75. The Labute approximate surface area is 151 Å². The van der Waals surface area contributed by atoms with Gasteiger partial charge in [0.1, 0.15) is 18.5 Å². The monoisotopic (exact) mass is 357 g/mol. The zero-order valence-electron chi connectivity index (χ0n) is 15.0. The number of aromatic amines is 1. The van der Waals surface area contributed by atoms with Gasteiger partial charge in [-0.05, 0) is 37.3 Å². The van der Waals surface area contributed by atoms with Gasteiger partial charge in [0.2, 0.25) is 5.91 Å². The maximum atomic E-state index is 12.5. The van der Waals surface area contributed by atoms with E-state index in [0.717, 1.165) is 31.2 Å². The van der Waals surface area contributed by atoms with Crippen molar-refractivity contribution in [2.45, 2.75) is 52.2 Å². The van der Waals surface area contributed by atoms with Crippen LogP contribution >= 0.6 is 0 Å². The van der Waals surface area contributed by atoms with Gasteiger partial charge in [0.05, 0.1) is 10.9 Å². The third-order valence-electron chi connectivity index (χ3n) is 4.82. The van der Waals surface area contributed by atoms with Gasteiger partial charge in [0, 0.05) is 6.92 Å². The molecule has 1 aromatic heterocycles. The molecule has 2 aromatic rings. The molecule has 0 radical (unpaired) electrons. The van der Waals surface area contributed by atoms with E-state index < -0.39 is 12.0 Å². The topological polar surface area (TPSA) is 101 Å². The summed E-state index contributed by atoms with van der Waals surface area (Å²) in [5.74, 6) is -0.359. The molecule has 0 bridgehead atoms. The maximum Gasteiger partial charge on any atom is 0.329 e. The van der Waals surface area contributed by atoms with E-state index in [9.17, 15) is 14.4 Å². The number of aryl methyl sites for hydroxylation is 1. The second kappa shape index (κ2) is 7.68. The summed E-state index contributed by atoms with van der Waals surface area (Å²) in [4.78, 5) is 43.2. The fourth-order valence-electron chi connectivity index (χ4n) is 3.53. The number of aromatic nitrogens is 2. The summed E-state index contributed by atoms with van der Waals surface area (Å²) in [6.07, 6.45) is 3.88. The van der Waals surface area contributed by atoms with E-state index in [4.69, 9.17) is 4.74 Å². The summed E-state index contributed by atoms with van der Waals surface area (Å²) < 4.78 is 5.36. The summed E-state index contributed by atoms with van der Waals surface area (Å²) in [6, 6.07) is 4.73. The number of ether oxygens (including phenoxy) is 1. The average Bonchev–Trinajstić information content (AvgIpc) is 3.12. The smallest absolute Gasteiger partial charge is 0.329 e. The van der Waals surface area contributed by atoms with Crippen LogP contribution in [0.25, 0.3) is 10.9 Å². The molecule has 1 heterocycles. The number of fused-ring (bicyclic) bond motifs is 1. The molecular formula is C19H23N3O4. The first kappa shape index (κ1) is 18.1. The number of carbonyl (C=O) groups excluding carboxylic acids is 2. The number of benzene rings is 1. The molecule has 1 fully saturated rings. The molecule has 7 nitrogen and oxygen atoms in total. The van der Waals surface area contributed by atoms with E-state index in [1.165, 1.54) is 6.92 Å². The van der Waals surface area contributed by atoms with Crippen LogP contribution in [0.5, 0.6) is 0 Å². The number of esters is 1. The molecule has 1 aliphatic rings. The Bertz CT molecular complexity index is 884. The summed E-state index contributed by atoms with van der Waals surface area (Å²) in [5.41, 5.74) is 1.21. The zero-order valence-corrected chi connectivity index (χ0v) is 15.0. The lowest BCUT2D eigenvalue weighted by Crippen LogP contribution is -2.45. The molecular weight excluding hydrogens is 334 g/mol. The highest BCUT2D eigenvalue weighted by Crippen LogP contribution is 2.28. The van der Waals surface area contributed by atoms with E-state index in [1.807, 2.05) is 13.0 Å². The first-order chi connectivity index (χ1) is 12.5. The van der Waals surface area contributed by atoms with E-state index in [2.05, 4.69) is 15.3 Å². The molecule has 26 heavy (non-hydrogen) atoms. The summed E-state index contributed by atoms with van der Waals surface area (Å²) in [7, 11) is 0. The molecule has 0 saturated heterocycles. The highest BCUT2D eigenvalue weighted by Gasteiger charge is 2.32. The Morgan fingerprint density at radius 1 is 1.35 bits per heavy atom. The number of nitrogens with one attached hydrogen (secondary N) is 2. The Morgan fingerprint density at radius 2 is 2.08 bits per heavy atom. The molecule has 3 rings (SSSR count). The van der Waals surface area contributed by atoms with Crippen LogP contribution in [0, 0.1) is 12.8 Å². The molecule has 1 atom stereocenters. The summed E-state index contributed by atoms with van der Waals surface area (Å²) in [5, 5.41) is 3.20. The van der Waals surface area contributed by atoms with Gasteiger partial charge in [-0.1, -0.05) is 25.0 Å². The Kier molecular flexibility index (Phi) is 5.35. The number of H-pyrrole nitrogens is 1. The number of hydrogen-bond donors (Lipinski definition) is 2. The summed E-state index contributed by atoms with van der Waals surface area (Å²) >= 11 is 0. The van der Waals surface area contributed by atoms with Gasteiger partial charge in [0.15, 0.2) is 0 Å². The number of nitrogens with zero attached hydrogens (tertiary/aromatic N) is 1. The van der Waals surface area contributed by atoms with Crippen LogP contribution in [0.4, 0.5) is 0 Å². The maximum absolute atomic E-state index is 12.5. The molecule has 138 valence electrons. The number of amides is 1. The van der Waals surface area contributed by atoms with Gasteiger partial charge in [0.25, 0.3) is 5.56 Å². The molecule has 1 amide bonds. The fourth-order valence-corrected chi connectivity index (χ4v) is 3.53. The van der Waals surface area contributed by atoms with Crippen molar-refractivity contribution in [2.75, 3.05) is 0 Å². The molecule has 1 aromatic carbocycles. The first-order valence-corrected chi connectivity index (χ1v) is 8.88. The summed E-state index contributed by atoms with van der Waals surface area (Å²) in [6.45, 7) is 3.12. The molecule has 7 heteroatoms. The van der Waals surface area contributed by atoms with Gasteiger partial charge < -0.3 is 15.0 Å². The van der Waals surface area contributed by atoms with Crippen molar-refractivity contribution in [1.82, 2.24) is 15.3 Å². The highest BCUT2D eigenvalue weighted by atomic mass is 16.5. The van der Waals surface area contributed by atoms with Crippen molar-refractivity contribution >= 4 is 22.8 Å². The minimum atomic E-state index is -0.649. The third kappa shape index (κ3) is 3.92. The standard InChI is InChI=1S/C19H23N3O4/c1-11-6-5-9-14-16(11)21-15(22-18(14)24)10-26-19(25)17(20-12(2)23)13-7-3-4-8-13/h5-6,9,13,17H,3-4,7-8,10H2,1-2H3,(H,20,23)(H,21,22,24)/t17-/m1/s1. The minimum Gasteiger partial charge on any atom is -0.456 e. The normalized spacial score (nSPS) is 15.8. The number of rotatable bonds is 5. The van der Waals surface area contributed by atoms with Gasteiger partial charge in [-0.15, -0.1) is 0 Å². The van der Waals surface area contributed by atoms with Crippen LogP contribution in [0.15, 0.2) is 23.0 Å². The van der Waals surface area contributed by atoms with Gasteiger partial charge >= 0.3 is 5.97 Å². The van der Waals surface area contributed by atoms with Crippen LogP contribution in [-0.4, -0.2) is 27.9 Å². The van der Waals surface area contributed by atoms with Gasteiger partial charge in [-0.3, -0.25) is 9.59 Å². The Hall–Kier alpha value is -2.70. The molecule has 1 aliphatic carbocycles. The second-order valence-electron chi connectivity index (χ2n) is 6.81.